The van der Waals surface area contributed by atoms with Crippen molar-refractivity contribution in [1.82, 2.24) is 9.55 Å². The topological polar surface area (TPSA) is 79.6 Å². The third kappa shape index (κ3) is 2.88. The summed E-state index contributed by atoms with van der Waals surface area (Å²) in [6.45, 7) is 0. The molecule has 1 aliphatic heterocycles. The van der Waals surface area contributed by atoms with Crippen molar-refractivity contribution in [2.75, 3.05) is 7.11 Å². The van der Waals surface area contributed by atoms with Gasteiger partial charge in [-0.1, -0.05) is 30.3 Å². The maximum Gasteiger partial charge on any atom is 0.262 e. The standard InChI is InChI=1S/C20H15N3O3S/c1-26-17-9-5-4-8-16(17)23-19(25)14(18(24)22-20(23)27)10-12-11-21-15-7-3-2-6-13(12)15/h2-11,25H,1H3,(H,22,24,27). The van der Waals surface area contributed by atoms with Crippen LogP contribution in [0.3, 0.4) is 0 Å². The van der Waals surface area contributed by atoms with E-state index in [0.717, 1.165) is 16.8 Å². The highest BCUT2D eigenvalue weighted by atomic mass is 32.1. The van der Waals surface area contributed by atoms with E-state index in [2.05, 4.69) is 9.98 Å². The number of nitrogens with one attached hydrogen (secondary N) is 1. The fraction of sp³-hybridized carbons (Fsp3) is 0.0500. The first-order chi connectivity index (χ1) is 13.1. The number of hydrogen-bond acceptors (Lipinski definition) is 5. The first kappa shape index (κ1) is 17.0. The van der Waals surface area contributed by atoms with Crippen LogP contribution in [-0.2, 0) is 0 Å². The minimum Gasteiger partial charge on any atom is -0.495 e. The molecule has 1 aliphatic rings. The predicted molar refractivity (Wildman–Crippen MR) is 108 cm³/mol. The van der Waals surface area contributed by atoms with Crippen molar-refractivity contribution in [2.24, 2.45) is 4.99 Å². The maximum atomic E-state index is 12.5. The Bertz CT molecular complexity index is 1220. The number of rotatable bonds is 3. The number of aromatic hydroxyl groups is 1. The maximum absolute atomic E-state index is 12.5. The van der Waals surface area contributed by atoms with Crippen molar-refractivity contribution in [3.63, 3.8) is 0 Å². The van der Waals surface area contributed by atoms with Gasteiger partial charge in [0.2, 0.25) is 5.88 Å². The Morgan fingerprint density at radius 2 is 1.93 bits per heavy atom. The summed E-state index contributed by atoms with van der Waals surface area (Å²) in [7, 11) is 1.53. The zero-order chi connectivity index (χ0) is 19.0. The smallest absolute Gasteiger partial charge is 0.262 e. The van der Waals surface area contributed by atoms with Crippen molar-refractivity contribution < 1.29 is 9.84 Å². The van der Waals surface area contributed by atoms with Gasteiger partial charge in [0.1, 0.15) is 11.3 Å². The number of fused-ring (bicyclic) bond motifs is 1. The summed E-state index contributed by atoms with van der Waals surface area (Å²) in [5.41, 5.74) is 2.58. The number of ether oxygens (including phenoxy) is 1. The second kappa shape index (κ2) is 6.69. The predicted octanol–water partition coefficient (Wildman–Crippen LogP) is 3.87. The number of H-pyrrole nitrogens is 1. The van der Waals surface area contributed by atoms with Crippen LogP contribution in [0.15, 0.2) is 58.3 Å². The number of methoxy groups -OCH3 is 1. The van der Waals surface area contributed by atoms with Crippen LogP contribution in [0.25, 0.3) is 17.3 Å². The molecule has 0 saturated carbocycles. The molecule has 6 nitrogen and oxygen atoms in total. The van der Waals surface area contributed by atoms with Crippen LogP contribution in [0, 0.1) is 4.77 Å². The van der Waals surface area contributed by atoms with Gasteiger partial charge < -0.3 is 9.84 Å². The normalized spacial score (nSPS) is 13.7. The molecular formula is C20H15N3O3S. The third-order valence-electron chi connectivity index (χ3n) is 4.30. The van der Waals surface area contributed by atoms with Crippen LogP contribution in [-0.4, -0.2) is 28.0 Å². The van der Waals surface area contributed by atoms with Crippen molar-refractivity contribution >= 4 is 35.8 Å². The Labute approximate surface area is 159 Å². The Hall–Kier alpha value is -3.45. The summed E-state index contributed by atoms with van der Waals surface area (Å²) in [4.78, 5) is 19.4. The summed E-state index contributed by atoms with van der Waals surface area (Å²) in [6, 6.07) is 14.7. The molecule has 0 radical (unpaired) electrons. The second-order valence-corrected chi connectivity index (χ2v) is 6.27. The Morgan fingerprint density at radius 3 is 2.74 bits per heavy atom. The molecule has 0 bridgehead atoms. The summed E-state index contributed by atoms with van der Waals surface area (Å²) < 4.78 is 6.80. The first-order valence-electron chi connectivity index (χ1n) is 8.17. The van der Waals surface area contributed by atoms with Gasteiger partial charge in [-0.25, -0.2) is 0 Å². The zero-order valence-corrected chi connectivity index (χ0v) is 15.2. The molecular weight excluding hydrogens is 362 g/mol. The number of hydrogen-bond donors (Lipinski definition) is 2. The molecule has 0 fully saturated rings. The molecule has 27 heavy (non-hydrogen) atoms. The second-order valence-electron chi connectivity index (χ2n) is 5.88. The fourth-order valence-electron chi connectivity index (χ4n) is 3.02. The van der Waals surface area contributed by atoms with E-state index in [1.807, 2.05) is 30.3 Å². The van der Waals surface area contributed by atoms with Gasteiger partial charge in [0.05, 0.1) is 18.5 Å². The molecule has 0 amide bonds. The van der Waals surface area contributed by atoms with Crippen LogP contribution in [0.4, 0.5) is 5.69 Å². The minimum atomic E-state index is -0.478. The lowest BCUT2D eigenvalue weighted by Crippen LogP contribution is -2.16. The van der Waals surface area contributed by atoms with Gasteiger partial charge in [-0.3, -0.25) is 19.3 Å². The van der Waals surface area contributed by atoms with Gasteiger partial charge in [0.25, 0.3) is 5.56 Å². The lowest BCUT2D eigenvalue weighted by Gasteiger charge is -2.14. The van der Waals surface area contributed by atoms with Crippen LogP contribution in [0.5, 0.6) is 11.6 Å². The third-order valence-corrected chi connectivity index (χ3v) is 4.59. The van der Waals surface area contributed by atoms with Crippen LogP contribution in [0.1, 0.15) is 11.1 Å². The molecule has 2 heterocycles. The van der Waals surface area contributed by atoms with Gasteiger partial charge in [-0.15, -0.1) is 0 Å². The number of para-hydroxylation sites is 3. The van der Waals surface area contributed by atoms with Crippen molar-refractivity contribution in [3.05, 3.63) is 74.8 Å². The van der Waals surface area contributed by atoms with Gasteiger partial charge in [0, 0.05) is 17.4 Å². The molecule has 0 saturated heterocycles. The average Bonchev–Trinajstić information content (AvgIpc) is 3.08. The fourth-order valence-corrected chi connectivity index (χ4v) is 3.29. The van der Waals surface area contributed by atoms with Gasteiger partial charge in [-0.05, 0) is 36.5 Å². The molecule has 4 rings (SSSR count). The molecule has 3 aromatic rings. The van der Waals surface area contributed by atoms with Gasteiger partial charge in [0.15, 0.2) is 4.77 Å². The van der Waals surface area contributed by atoms with E-state index in [1.165, 1.54) is 11.7 Å². The summed E-state index contributed by atoms with van der Waals surface area (Å²) >= 11 is 5.27. The highest BCUT2D eigenvalue weighted by Gasteiger charge is 2.18. The molecule has 2 aromatic carbocycles. The van der Waals surface area contributed by atoms with Crippen LogP contribution >= 0.6 is 12.2 Å². The molecule has 0 spiro atoms. The molecule has 0 unspecified atom stereocenters. The number of nitrogens with zero attached hydrogens (tertiary/aromatic N) is 2. The number of aliphatic imine (C=N–C) groups is 1. The molecule has 134 valence electrons. The lowest BCUT2D eigenvalue weighted by atomic mass is 10.1. The zero-order valence-electron chi connectivity index (χ0n) is 14.3. The van der Waals surface area contributed by atoms with E-state index in [0.29, 0.717) is 11.4 Å². The Kier molecular flexibility index (Phi) is 4.21. The first-order valence-corrected chi connectivity index (χ1v) is 8.58. The van der Waals surface area contributed by atoms with E-state index < -0.39 is 5.56 Å². The largest absolute Gasteiger partial charge is 0.495 e. The van der Waals surface area contributed by atoms with E-state index in [1.54, 1.807) is 30.5 Å². The van der Waals surface area contributed by atoms with E-state index >= 15 is 0 Å². The highest BCUT2D eigenvalue weighted by Crippen LogP contribution is 2.34. The number of aromatic amines is 1. The lowest BCUT2D eigenvalue weighted by molar-refractivity contribution is 0.402. The number of aromatic nitrogens is 2. The van der Waals surface area contributed by atoms with Crippen molar-refractivity contribution in [1.29, 1.82) is 0 Å². The van der Waals surface area contributed by atoms with Crippen LogP contribution < -0.4 is 10.3 Å². The quantitative estimate of drug-likeness (QED) is 0.679. The van der Waals surface area contributed by atoms with Gasteiger partial charge >= 0.3 is 0 Å². The minimum absolute atomic E-state index is 0.0737. The Balaban J connectivity index is 1.95. The summed E-state index contributed by atoms with van der Waals surface area (Å²) in [6.07, 6.45) is 3.27. The summed E-state index contributed by atoms with van der Waals surface area (Å²) in [5.74, 6) is 0.251. The molecule has 0 atom stereocenters. The van der Waals surface area contributed by atoms with Crippen molar-refractivity contribution in [2.45, 2.75) is 0 Å². The van der Waals surface area contributed by atoms with E-state index in [9.17, 15) is 9.90 Å². The molecule has 7 heteroatoms. The molecule has 0 aliphatic carbocycles. The molecule has 2 N–H and O–H groups in total. The number of allylic oxidation sites excluding steroid dienone is 1. The summed E-state index contributed by atoms with van der Waals surface area (Å²) in [5, 5.41) is 10.9. The SMILES string of the molecule is COc1ccccc1-n1c(O)c(C=C2C=Nc3ccccc32)c(=O)[nH]c1=S. The van der Waals surface area contributed by atoms with E-state index in [-0.39, 0.29) is 16.2 Å². The van der Waals surface area contributed by atoms with E-state index in [4.69, 9.17) is 17.0 Å². The van der Waals surface area contributed by atoms with Crippen LogP contribution in [0.2, 0.25) is 0 Å². The number of benzene rings is 2. The highest BCUT2D eigenvalue weighted by molar-refractivity contribution is 7.71. The Morgan fingerprint density at radius 1 is 1.19 bits per heavy atom. The average molecular weight is 377 g/mol. The van der Waals surface area contributed by atoms with Gasteiger partial charge in [-0.2, -0.15) is 0 Å². The monoisotopic (exact) mass is 377 g/mol. The van der Waals surface area contributed by atoms with Crippen molar-refractivity contribution in [3.8, 4) is 17.3 Å². The molecule has 1 aromatic heterocycles.